The second kappa shape index (κ2) is 6.01. The lowest BCUT2D eigenvalue weighted by Gasteiger charge is -2.21. The molecule has 104 valence electrons. The van der Waals surface area contributed by atoms with Gasteiger partial charge in [0.25, 0.3) is 5.91 Å². The molecule has 0 aromatic carbocycles. The van der Waals surface area contributed by atoms with Crippen molar-refractivity contribution in [3.05, 3.63) is 11.1 Å². The summed E-state index contributed by atoms with van der Waals surface area (Å²) in [5.41, 5.74) is 5.94. The standard InChI is InChI=1S/C12H18N4O2S/c1-2-10(17)15-4-3-5-16(7-6-15)11(18)9-8-19-12(13)14-9/h8H,2-7H2,1H3,(H2,13,14). The highest BCUT2D eigenvalue weighted by Gasteiger charge is 2.23. The molecule has 0 aliphatic carbocycles. The Hall–Kier alpha value is -1.63. The van der Waals surface area contributed by atoms with E-state index in [1.54, 1.807) is 10.3 Å². The molecule has 0 radical (unpaired) electrons. The summed E-state index contributed by atoms with van der Waals surface area (Å²) in [4.78, 5) is 31.5. The molecule has 1 aliphatic heterocycles. The van der Waals surface area contributed by atoms with Gasteiger partial charge in [-0.3, -0.25) is 9.59 Å². The van der Waals surface area contributed by atoms with Crippen LogP contribution in [-0.4, -0.2) is 52.8 Å². The number of carbonyl (C=O) groups is 2. The SMILES string of the molecule is CCC(=O)N1CCCN(C(=O)c2csc(N)n2)CC1. The van der Waals surface area contributed by atoms with Crippen molar-refractivity contribution >= 4 is 28.3 Å². The maximum absolute atomic E-state index is 12.2. The van der Waals surface area contributed by atoms with Gasteiger partial charge in [0.1, 0.15) is 5.69 Å². The van der Waals surface area contributed by atoms with Crippen LogP contribution < -0.4 is 5.73 Å². The summed E-state index contributed by atoms with van der Waals surface area (Å²) in [6.45, 7) is 4.38. The Bertz CT molecular complexity index is 474. The molecular formula is C12H18N4O2S. The zero-order valence-corrected chi connectivity index (χ0v) is 11.8. The first-order chi connectivity index (χ1) is 9.11. The molecule has 2 amide bonds. The summed E-state index contributed by atoms with van der Waals surface area (Å²) in [6, 6.07) is 0. The highest BCUT2D eigenvalue weighted by atomic mass is 32.1. The van der Waals surface area contributed by atoms with Gasteiger partial charge < -0.3 is 15.5 Å². The number of thiazole rings is 1. The van der Waals surface area contributed by atoms with Crippen molar-refractivity contribution in [3.8, 4) is 0 Å². The highest BCUT2D eigenvalue weighted by Crippen LogP contribution is 2.14. The predicted molar refractivity (Wildman–Crippen MR) is 73.9 cm³/mol. The summed E-state index contributed by atoms with van der Waals surface area (Å²) < 4.78 is 0. The molecule has 2 rings (SSSR count). The molecular weight excluding hydrogens is 264 g/mol. The Kier molecular flexibility index (Phi) is 4.36. The van der Waals surface area contributed by atoms with Crippen LogP contribution in [0, 0.1) is 0 Å². The zero-order chi connectivity index (χ0) is 13.8. The van der Waals surface area contributed by atoms with E-state index in [2.05, 4.69) is 4.98 Å². The minimum atomic E-state index is -0.0984. The first-order valence-electron chi connectivity index (χ1n) is 6.40. The van der Waals surface area contributed by atoms with E-state index in [4.69, 9.17) is 5.73 Å². The number of anilines is 1. The van der Waals surface area contributed by atoms with E-state index in [1.807, 2.05) is 11.8 Å². The lowest BCUT2D eigenvalue weighted by Crippen LogP contribution is -2.37. The minimum absolute atomic E-state index is 0.0984. The lowest BCUT2D eigenvalue weighted by molar-refractivity contribution is -0.130. The molecule has 2 heterocycles. The molecule has 7 heteroatoms. The molecule has 0 atom stereocenters. The van der Waals surface area contributed by atoms with Gasteiger partial charge in [0.15, 0.2) is 5.13 Å². The number of rotatable bonds is 2. The summed E-state index contributed by atoms with van der Waals surface area (Å²) in [5, 5.41) is 2.08. The molecule has 1 saturated heterocycles. The Morgan fingerprint density at radius 1 is 1.32 bits per heavy atom. The molecule has 0 unspecified atom stereocenters. The third kappa shape index (κ3) is 3.23. The van der Waals surface area contributed by atoms with Crippen LogP contribution >= 0.6 is 11.3 Å². The first-order valence-corrected chi connectivity index (χ1v) is 7.28. The average Bonchev–Trinajstić information content (AvgIpc) is 2.71. The first kappa shape index (κ1) is 13.8. The Morgan fingerprint density at radius 2 is 2.00 bits per heavy atom. The van der Waals surface area contributed by atoms with E-state index in [1.165, 1.54) is 11.3 Å². The number of carbonyl (C=O) groups excluding carboxylic acids is 2. The quantitative estimate of drug-likeness (QED) is 0.870. The van der Waals surface area contributed by atoms with Crippen molar-refractivity contribution in [2.24, 2.45) is 0 Å². The number of aromatic nitrogens is 1. The van der Waals surface area contributed by atoms with Gasteiger partial charge in [-0.25, -0.2) is 4.98 Å². The van der Waals surface area contributed by atoms with Crippen LogP contribution in [0.5, 0.6) is 0 Å². The maximum atomic E-state index is 12.2. The summed E-state index contributed by atoms with van der Waals surface area (Å²) >= 11 is 1.27. The van der Waals surface area contributed by atoms with E-state index < -0.39 is 0 Å². The van der Waals surface area contributed by atoms with Crippen molar-refractivity contribution in [2.45, 2.75) is 19.8 Å². The van der Waals surface area contributed by atoms with Gasteiger partial charge in [0.05, 0.1) is 0 Å². The van der Waals surface area contributed by atoms with Crippen LogP contribution in [0.3, 0.4) is 0 Å². The van der Waals surface area contributed by atoms with Crippen molar-refractivity contribution in [1.82, 2.24) is 14.8 Å². The maximum Gasteiger partial charge on any atom is 0.273 e. The number of nitrogens with two attached hydrogens (primary N) is 1. The van der Waals surface area contributed by atoms with E-state index in [0.717, 1.165) is 13.0 Å². The summed E-state index contributed by atoms with van der Waals surface area (Å²) in [7, 11) is 0. The van der Waals surface area contributed by atoms with Gasteiger partial charge in [-0.2, -0.15) is 0 Å². The van der Waals surface area contributed by atoms with Crippen LogP contribution in [-0.2, 0) is 4.79 Å². The van der Waals surface area contributed by atoms with E-state index in [9.17, 15) is 9.59 Å². The number of nitrogen functional groups attached to an aromatic ring is 1. The van der Waals surface area contributed by atoms with Gasteiger partial charge in [-0.05, 0) is 6.42 Å². The second-order valence-electron chi connectivity index (χ2n) is 4.45. The molecule has 2 N–H and O–H groups in total. The number of hydrogen-bond acceptors (Lipinski definition) is 5. The van der Waals surface area contributed by atoms with Crippen LogP contribution in [0.1, 0.15) is 30.3 Å². The van der Waals surface area contributed by atoms with E-state index in [-0.39, 0.29) is 11.8 Å². The Morgan fingerprint density at radius 3 is 2.63 bits per heavy atom. The highest BCUT2D eigenvalue weighted by molar-refractivity contribution is 7.13. The molecule has 0 saturated carbocycles. The van der Waals surface area contributed by atoms with Crippen molar-refractivity contribution in [1.29, 1.82) is 0 Å². The van der Waals surface area contributed by atoms with Gasteiger partial charge in [-0.1, -0.05) is 6.92 Å². The summed E-state index contributed by atoms with van der Waals surface area (Å²) in [5.74, 6) is 0.0472. The zero-order valence-electron chi connectivity index (χ0n) is 11.0. The van der Waals surface area contributed by atoms with Gasteiger partial charge in [-0.15, -0.1) is 11.3 Å². The molecule has 1 aliphatic rings. The van der Waals surface area contributed by atoms with Crippen LogP contribution in [0.25, 0.3) is 0 Å². The largest absolute Gasteiger partial charge is 0.375 e. The smallest absolute Gasteiger partial charge is 0.273 e. The second-order valence-corrected chi connectivity index (χ2v) is 5.34. The molecule has 6 nitrogen and oxygen atoms in total. The number of hydrogen-bond donors (Lipinski definition) is 1. The van der Waals surface area contributed by atoms with Crippen LogP contribution in [0.4, 0.5) is 5.13 Å². The van der Waals surface area contributed by atoms with Gasteiger partial charge in [0, 0.05) is 38.0 Å². The molecule has 1 fully saturated rings. The van der Waals surface area contributed by atoms with Crippen molar-refractivity contribution in [3.63, 3.8) is 0 Å². The molecule has 19 heavy (non-hydrogen) atoms. The van der Waals surface area contributed by atoms with Crippen molar-refractivity contribution < 1.29 is 9.59 Å². The van der Waals surface area contributed by atoms with E-state index in [0.29, 0.717) is 36.9 Å². The fraction of sp³-hybridized carbons (Fsp3) is 0.583. The molecule has 0 bridgehead atoms. The lowest BCUT2D eigenvalue weighted by atomic mass is 10.3. The fourth-order valence-corrected chi connectivity index (χ4v) is 2.68. The van der Waals surface area contributed by atoms with Crippen LogP contribution in [0.15, 0.2) is 5.38 Å². The third-order valence-corrected chi connectivity index (χ3v) is 3.85. The summed E-state index contributed by atoms with van der Waals surface area (Å²) in [6.07, 6.45) is 1.31. The molecule has 0 spiro atoms. The van der Waals surface area contributed by atoms with E-state index >= 15 is 0 Å². The Labute approximate surface area is 116 Å². The number of nitrogens with zero attached hydrogens (tertiary/aromatic N) is 3. The normalized spacial score (nSPS) is 16.3. The fourth-order valence-electron chi connectivity index (χ4n) is 2.14. The Balaban J connectivity index is 1.99. The number of amides is 2. The van der Waals surface area contributed by atoms with Crippen LogP contribution in [0.2, 0.25) is 0 Å². The van der Waals surface area contributed by atoms with Gasteiger partial charge >= 0.3 is 0 Å². The average molecular weight is 282 g/mol. The molecule has 1 aromatic heterocycles. The third-order valence-electron chi connectivity index (χ3n) is 3.18. The minimum Gasteiger partial charge on any atom is -0.375 e. The topological polar surface area (TPSA) is 79.5 Å². The van der Waals surface area contributed by atoms with Gasteiger partial charge in [0.2, 0.25) is 5.91 Å². The monoisotopic (exact) mass is 282 g/mol. The predicted octanol–water partition coefficient (Wildman–Crippen LogP) is 0.810. The molecule has 1 aromatic rings. The van der Waals surface area contributed by atoms with Crippen molar-refractivity contribution in [2.75, 3.05) is 31.9 Å².